The summed E-state index contributed by atoms with van der Waals surface area (Å²) in [6, 6.07) is 6.25. The van der Waals surface area contributed by atoms with Crippen molar-refractivity contribution in [1.82, 2.24) is 4.98 Å². The first-order valence-corrected chi connectivity index (χ1v) is 5.54. The predicted molar refractivity (Wildman–Crippen MR) is 53.1 cm³/mol. The highest BCUT2D eigenvalue weighted by molar-refractivity contribution is 7.85. The van der Waals surface area contributed by atoms with E-state index in [1.807, 2.05) is 0 Å². The molecule has 0 saturated carbocycles. The highest BCUT2D eigenvalue weighted by Gasteiger charge is 2.12. The fourth-order valence-corrected chi connectivity index (χ4v) is 1.90. The molecule has 2 N–H and O–H groups in total. The van der Waals surface area contributed by atoms with Crippen molar-refractivity contribution in [3.8, 4) is 0 Å². The van der Waals surface area contributed by atoms with Crippen molar-refractivity contribution in [2.75, 3.05) is 0 Å². The van der Waals surface area contributed by atoms with Crippen LogP contribution in [-0.2, 0) is 10.1 Å². The van der Waals surface area contributed by atoms with Crippen LogP contribution >= 0.6 is 11.6 Å². The lowest BCUT2D eigenvalue weighted by Gasteiger charge is -1.89. The van der Waals surface area contributed by atoms with E-state index in [4.69, 9.17) is 16.2 Å². The van der Waals surface area contributed by atoms with Crippen LogP contribution in [0.15, 0.2) is 29.3 Å². The van der Waals surface area contributed by atoms with Gasteiger partial charge in [0.25, 0.3) is 0 Å². The number of rotatable bonds is 1. The minimum atomic E-state index is -4.18. The number of nitrogens with one attached hydrogen (secondary N) is 1. The molecule has 0 spiro atoms. The zero-order valence-corrected chi connectivity index (χ0v) is 8.43. The van der Waals surface area contributed by atoms with Gasteiger partial charge in [-0.15, -0.1) is 0 Å². The number of hydrogen-bond donors (Lipinski definition) is 2. The Kier molecular flexibility index (Phi) is 2.02. The maximum Gasteiger partial charge on any atom is 0.310 e. The Hall–Kier alpha value is -1.04. The lowest BCUT2D eigenvalue weighted by molar-refractivity contribution is 0.480. The van der Waals surface area contributed by atoms with Crippen LogP contribution in [0.3, 0.4) is 0 Å². The Morgan fingerprint density at radius 1 is 1.29 bits per heavy atom. The molecule has 0 aliphatic carbocycles. The Bertz CT molecular complexity index is 588. The van der Waals surface area contributed by atoms with Gasteiger partial charge in [-0.1, -0.05) is 17.7 Å². The Labute approximate surface area is 85.3 Å². The fraction of sp³-hybridized carbons (Fsp3) is 0. The van der Waals surface area contributed by atoms with Gasteiger partial charge >= 0.3 is 10.1 Å². The molecule has 1 aromatic heterocycles. The highest BCUT2D eigenvalue weighted by Crippen LogP contribution is 2.21. The molecule has 0 saturated heterocycles. The van der Waals surface area contributed by atoms with Crippen molar-refractivity contribution in [2.45, 2.75) is 5.03 Å². The third-order valence-electron chi connectivity index (χ3n) is 1.84. The van der Waals surface area contributed by atoms with Crippen LogP contribution in [0.1, 0.15) is 0 Å². The normalized spacial score (nSPS) is 12.1. The first-order valence-electron chi connectivity index (χ1n) is 3.72. The summed E-state index contributed by atoms with van der Waals surface area (Å²) in [4.78, 5) is 2.55. The molecule has 14 heavy (non-hydrogen) atoms. The van der Waals surface area contributed by atoms with Crippen molar-refractivity contribution < 1.29 is 13.0 Å². The topological polar surface area (TPSA) is 70.2 Å². The molecule has 0 amide bonds. The largest absolute Gasteiger partial charge is 0.344 e. The van der Waals surface area contributed by atoms with Crippen LogP contribution in [0.25, 0.3) is 10.9 Å². The van der Waals surface area contributed by atoms with E-state index in [9.17, 15) is 8.42 Å². The summed E-state index contributed by atoms with van der Waals surface area (Å²) in [6.45, 7) is 0. The van der Waals surface area contributed by atoms with Crippen LogP contribution in [0.2, 0.25) is 5.02 Å². The molecular formula is C8H6ClNO3S. The molecule has 4 nitrogen and oxygen atoms in total. The maximum atomic E-state index is 10.8. The number of aromatic nitrogens is 1. The average Bonchev–Trinajstić information content (AvgIpc) is 2.45. The van der Waals surface area contributed by atoms with Crippen molar-refractivity contribution in [3.63, 3.8) is 0 Å². The van der Waals surface area contributed by atoms with Gasteiger partial charge in [0.1, 0.15) is 0 Å². The number of aromatic amines is 1. The summed E-state index contributed by atoms with van der Waals surface area (Å²) < 4.78 is 30.3. The predicted octanol–water partition coefficient (Wildman–Crippen LogP) is 2.07. The van der Waals surface area contributed by atoms with Crippen LogP contribution in [0.4, 0.5) is 0 Å². The zero-order chi connectivity index (χ0) is 10.3. The number of benzene rings is 1. The molecule has 0 aliphatic rings. The summed E-state index contributed by atoms with van der Waals surface area (Å²) in [7, 11) is -4.18. The molecule has 1 heterocycles. The first-order chi connectivity index (χ1) is 6.47. The van der Waals surface area contributed by atoms with Gasteiger partial charge in [0.05, 0.1) is 0 Å². The van der Waals surface area contributed by atoms with E-state index >= 15 is 0 Å². The molecule has 0 bridgehead atoms. The average molecular weight is 232 g/mol. The molecule has 0 radical (unpaired) electrons. The minimum absolute atomic E-state index is 0.227. The third-order valence-corrected chi connectivity index (χ3v) is 2.85. The number of halogens is 1. The molecule has 6 heteroatoms. The van der Waals surface area contributed by atoms with Gasteiger partial charge in [-0.2, -0.15) is 8.42 Å². The van der Waals surface area contributed by atoms with E-state index in [-0.39, 0.29) is 5.03 Å². The van der Waals surface area contributed by atoms with Gasteiger partial charge in [-0.25, -0.2) is 0 Å². The second-order valence-electron chi connectivity index (χ2n) is 2.84. The molecule has 2 aromatic rings. The van der Waals surface area contributed by atoms with Crippen LogP contribution in [-0.4, -0.2) is 18.0 Å². The standard InChI is InChI=1S/C8H6ClNO3S/c9-6-2-1-5-3-8(14(11,12)13)10-7(5)4-6/h1-4,10H,(H,11,12,13). The van der Waals surface area contributed by atoms with Crippen LogP contribution < -0.4 is 0 Å². The van der Waals surface area contributed by atoms with E-state index < -0.39 is 10.1 Å². The van der Waals surface area contributed by atoms with E-state index in [2.05, 4.69) is 4.98 Å². The summed E-state index contributed by atoms with van der Waals surface area (Å²) in [5.41, 5.74) is 0.574. The fourth-order valence-electron chi connectivity index (χ4n) is 1.21. The monoisotopic (exact) mass is 231 g/mol. The number of H-pyrrole nitrogens is 1. The van der Waals surface area contributed by atoms with Crippen molar-refractivity contribution >= 4 is 32.6 Å². The van der Waals surface area contributed by atoms with Crippen molar-refractivity contribution in [2.24, 2.45) is 0 Å². The van der Waals surface area contributed by atoms with Gasteiger partial charge in [-0.05, 0) is 18.2 Å². The van der Waals surface area contributed by atoms with Gasteiger partial charge in [0.15, 0.2) is 5.03 Å². The lowest BCUT2D eigenvalue weighted by atomic mass is 10.2. The quantitative estimate of drug-likeness (QED) is 0.738. The van der Waals surface area contributed by atoms with E-state index in [0.29, 0.717) is 15.9 Å². The second-order valence-corrected chi connectivity index (χ2v) is 4.67. The molecule has 0 aliphatic heterocycles. The molecule has 74 valence electrons. The molecule has 2 rings (SSSR count). The van der Waals surface area contributed by atoms with Crippen LogP contribution in [0, 0.1) is 0 Å². The first kappa shape index (κ1) is 9.51. The van der Waals surface area contributed by atoms with E-state index in [1.54, 1.807) is 18.2 Å². The Morgan fingerprint density at radius 3 is 2.64 bits per heavy atom. The number of fused-ring (bicyclic) bond motifs is 1. The van der Waals surface area contributed by atoms with Crippen molar-refractivity contribution in [1.29, 1.82) is 0 Å². The van der Waals surface area contributed by atoms with Gasteiger partial charge in [0, 0.05) is 15.9 Å². The molecule has 1 aromatic carbocycles. The molecule has 0 fully saturated rings. The zero-order valence-electron chi connectivity index (χ0n) is 6.86. The SMILES string of the molecule is O=S(=O)(O)c1cc2ccc(Cl)cc2[nH]1. The highest BCUT2D eigenvalue weighted by atomic mass is 35.5. The van der Waals surface area contributed by atoms with Gasteiger partial charge in [0.2, 0.25) is 0 Å². The van der Waals surface area contributed by atoms with Gasteiger partial charge < -0.3 is 4.98 Å². The number of hydrogen-bond acceptors (Lipinski definition) is 2. The smallest absolute Gasteiger partial charge is 0.310 e. The summed E-state index contributed by atoms with van der Waals surface area (Å²) in [5.74, 6) is 0. The summed E-state index contributed by atoms with van der Waals surface area (Å²) in [6.07, 6.45) is 0. The summed E-state index contributed by atoms with van der Waals surface area (Å²) in [5, 5.41) is 0.957. The minimum Gasteiger partial charge on any atom is -0.344 e. The molecule has 0 atom stereocenters. The summed E-state index contributed by atoms with van der Waals surface area (Å²) >= 11 is 5.71. The maximum absolute atomic E-state index is 10.8. The third kappa shape index (κ3) is 1.61. The van der Waals surface area contributed by atoms with E-state index in [0.717, 1.165) is 0 Å². The van der Waals surface area contributed by atoms with Crippen LogP contribution in [0.5, 0.6) is 0 Å². The molecular weight excluding hydrogens is 226 g/mol. The molecule has 0 unspecified atom stereocenters. The second kappa shape index (κ2) is 2.98. The van der Waals surface area contributed by atoms with E-state index in [1.165, 1.54) is 6.07 Å². The van der Waals surface area contributed by atoms with Gasteiger partial charge in [-0.3, -0.25) is 4.55 Å². The Balaban J connectivity index is 2.75. The van der Waals surface area contributed by atoms with Crippen molar-refractivity contribution in [3.05, 3.63) is 29.3 Å². The Morgan fingerprint density at radius 2 is 2.00 bits per heavy atom. The lowest BCUT2D eigenvalue weighted by Crippen LogP contribution is -1.97.